The molecular weight excluding hydrogens is 192 g/mol. The Bertz CT molecular complexity index is 362. The highest BCUT2D eigenvalue weighted by Crippen LogP contribution is 2.15. The van der Waals surface area contributed by atoms with E-state index in [-0.39, 0.29) is 10.9 Å². The van der Waals surface area contributed by atoms with Gasteiger partial charge in [-0.1, -0.05) is 30.3 Å². The predicted octanol–water partition coefficient (Wildman–Crippen LogP) is 2.61. The summed E-state index contributed by atoms with van der Waals surface area (Å²) in [4.78, 5) is 3.81. The third-order valence-corrected chi connectivity index (χ3v) is 2.28. The molecule has 0 saturated heterocycles. The van der Waals surface area contributed by atoms with Gasteiger partial charge in [-0.2, -0.15) is 6.01 Å². The van der Waals surface area contributed by atoms with E-state index in [1.54, 1.807) is 0 Å². The van der Waals surface area contributed by atoms with Gasteiger partial charge in [-0.05, 0) is 5.56 Å². The Morgan fingerprint density at radius 2 is 2.00 bits per heavy atom. The highest BCUT2D eigenvalue weighted by Gasteiger charge is 2.00. The number of rotatable bonds is 3. The molecule has 0 aliphatic heterocycles. The number of benzene rings is 1. The van der Waals surface area contributed by atoms with Crippen molar-refractivity contribution in [2.75, 3.05) is 12.5 Å². The lowest BCUT2D eigenvalue weighted by molar-refractivity contribution is 1.53. The first kappa shape index (κ1) is 10.8. The van der Waals surface area contributed by atoms with E-state index in [1.807, 2.05) is 41.7 Å². The maximum atomic E-state index is 8.56. The Labute approximate surface area is 87.2 Å². The summed E-state index contributed by atoms with van der Waals surface area (Å²) in [5, 5.41) is 10.6. The number of hydrogen-bond donors (Lipinski definition) is 0. The van der Waals surface area contributed by atoms with Crippen molar-refractivity contribution in [2.45, 2.75) is 0 Å². The monoisotopic (exact) mass is 204 g/mol. The quantitative estimate of drug-likeness (QED) is 0.536. The van der Waals surface area contributed by atoms with Crippen LogP contribution in [0.25, 0.3) is 11.1 Å². The van der Waals surface area contributed by atoms with Crippen molar-refractivity contribution < 1.29 is 0 Å². The summed E-state index contributed by atoms with van der Waals surface area (Å²) in [5.74, 6) is 0. The van der Waals surface area contributed by atoms with Crippen LogP contribution in [0.4, 0.5) is 0 Å². The molecule has 0 amide bonds. The van der Waals surface area contributed by atoms with Gasteiger partial charge in [0.05, 0.1) is 0 Å². The van der Waals surface area contributed by atoms with Gasteiger partial charge in [-0.25, -0.2) is 0 Å². The van der Waals surface area contributed by atoms with E-state index in [2.05, 4.69) is 17.5 Å². The molecule has 0 heterocycles. The van der Waals surface area contributed by atoms with Crippen molar-refractivity contribution in [3.63, 3.8) is 0 Å². The molecule has 2 nitrogen and oxygen atoms in total. The van der Waals surface area contributed by atoms with Crippen LogP contribution in [0, 0.1) is 0 Å². The summed E-state index contributed by atoms with van der Waals surface area (Å²) in [7, 11) is 0.145. The van der Waals surface area contributed by atoms with Crippen LogP contribution >= 0.6 is 0 Å². The van der Waals surface area contributed by atoms with Crippen LogP contribution in [0.2, 0.25) is 0 Å². The molecule has 1 aromatic rings. The maximum Gasteiger partial charge on any atom is 0.123 e. The molecular formula is C11H12N2S. The van der Waals surface area contributed by atoms with Crippen LogP contribution in [0.5, 0.6) is 0 Å². The summed E-state index contributed by atoms with van der Waals surface area (Å²) in [6.07, 6.45) is 4.19. The third-order valence-electron chi connectivity index (χ3n) is 1.59. The minimum Gasteiger partial charge on any atom is -0.422 e. The molecule has 0 N–H and O–H groups in total. The lowest BCUT2D eigenvalue weighted by Gasteiger charge is -2.03. The summed E-state index contributed by atoms with van der Waals surface area (Å²) in [5.41, 5.74) is 1.76. The Morgan fingerprint density at radius 1 is 1.36 bits per heavy atom. The van der Waals surface area contributed by atoms with Crippen LogP contribution in [-0.2, 0) is 10.9 Å². The fraction of sp³-hybridized carbons (Fsp3) is 0.182. The van der Waals surface area contributed by atoms with Crippen LogP contribution in [-0.4, -0.2) is 18.5 Å². The van der Waals surface area contributed by atoms with Gasteiger partial charge in [0.15, 0.2) is 0 Å². The third kappa shape index (κ3) is 3.21. The van der Waals surface area contributed by atoms with E-state index >= 15 is 0 Å². The van der Waals surface area contributed by atoms with Gasteiger partial charge in [0.1, 0.15) is 17.9 Å². The molecule has 3 heteroatoms. The Kier molecular flexibility index (Phi) is 4.17. The predicted molar refractivity (Wildman–Crippen MR) is 64.4 cm³/mol. The summed E-state index contributed by atoms with van der Waals surface area (Å²) >= 11 is 0. The zero-order valence-corrected chi connectivity index (χ0v) is 9.08. The van der Waals surface area contributed by atoms with Crippen molar-refractivity contribution >= 4 is 22.6 Å². The first-order valence-corrected chi connectivity index (χ1v) is 6.28. The van der Waals surface area contributed by atoms with Crippen LogP contribution in [0.15, 0.2) is 40.7 Å². The SMILES string of the molecule is C[S+](C)/C=C(\N=C=[N-])c1ccccc1. The average molecular weight is 204 g/mol. The van der Waals surface area contributed by atoms with Crippen LogP contribution in [0.3, 0.4) is 0 Å². The number of aliphatic imine (C=N–C) groups is 1. The smallest absolute Gasteiger partial charge is 0.123 e. The van der Waals surface area contributed by atoms with Gasteiger partial charge < -0.3 is 10.4 Å². The Hall–Kier alpha value is -1.31. The van der Waals surface area contributed by atoms with Crippen LogP contribution in [0.1, 0.15) is 5.56 Å². The number of nitrogens with zero attached hydrogens (tertiary/aromatic N) is 2. The molecule has 1 aromatic carbocycles. The van der Waals surface area contributed by atoms with E-state index in [4.69, 9.17) is 5.41 Å². The lowest BCUT2D eigenvalue weighted by atomic mass is 10.2. The molecule has 0 aliphatic rings. The minimum atomic E-state index is 0.145. The van der Waals surface area contributed by atoms with Crippen LogP contribution < -0.4 is 0 Å². The maximum absolute atomic E-state index is 8.56. The molecule has 0 saturated carbocycles. The molecule has 0 unspecified atom stereocenters. The molecule has 0 bridgehead atoms. The fourth-order valence-corrected chi connectivity index (χ4v) is 1.68. The van der Waals surface area contributed by atoms with Gasteiger partial charge in [-0.3, -0.25) is 0 Å². The summed E-state index contributed by atoms with van der Waals surface area (Å²) < 4.78 is 0. The minimum absolute atomic E-state index is 0.145. The van der Waals surface area contributed by atoms with Gasteiger partial charge in [0, 0.05) is 16.6 Å². The normalized spacial score (nSPS) is 11.2. The zero-order valence-electron chi connectivity index (χ0n) is 8.27. The molecule has 72 valence electrons. The van der Waals surface area contributed by atoms with E-state index in [0.717, 1.165) is 11.3 Å². The molecule has 0 radical (unpaired) electrons. The Balaban J connectivity index is 3.07. The van der Waals surface area contributed by atoms with E-state index in [0.29, 0.717) is 0 Å². The second-order valence-electron chi connectivity index (χ2n) is 2.96. The van der Waals surface area contributed by atoms with Gasteiger partial charge in [-0.15, -0.1) is 0 Å². The average Bonchev–Trinajstić information content (AvgIpc) is 2.18. The molecule has 0 aliphatic carbocycles. The second-order valence-corrected chi connectivity index (χ2v) is 4.96. The Morgan fingerprint density at radius 3 is 2.50 bits per heavy atom. The first-order chi connectivity index (χ1) is 6.74. The van der Waals surface area contributed by atoms with Gasteiger partial charge in [0.25, 0.3) is 0 Å². The van der Waals surface area contributed by atoms with Gasteiger partial charge >= 0.3 is 0 Å². The zero-order chi connectivity index (χ0) is 10.4. The molecule has 0 fully saturated rings. The highest BCUT2D eigenvalue weighted by molar-refractivity contribution is 7.98. The second kappa shape index (κ2) is 5.43. The summed E-state index contributed by atoms with van der Waals surface area (Å²) in [6.45, 7) is 0. The standard InChI is InChI=1S/C11H12N2S/c1-14(2)8-11(13-9-12)10-6-4-3-5-7-10/h3-8H,1-2H3/b11-8-. The first-order valence-electron chi connectivity index (χ1n) is 4.17. The van der Waals surface area contributed by atoms with Crippen molar-refractivity contribution in [3.8, 4) is 0 Å². The van der Waals surface area contributed by atoms with Crippen molar-refractivity contribution in [2.24, 2.45) is 4.99 Å². The van der Waals surface area contributed by atoms with Crippen molar-refractivity contribution in [1.82, 2.24) is 0 Å². The largest absolute Gasteiger partial charge is 0.422 e. The molecule has 0 atom stereocenters. The van der Waals surface area contributed by atoms with E-state index in [9.17, 15) is 0 Å². The molecule has 0 spiro atoms. The summed E-state index contributed by atoms with van der Waals surface area (Å²) in [6, 6.07) is 11.6. The van der Waals surface area contributed by atoms with E-state index < -0.39 is 0 Å². The van der Waals surface area contributed by atoms with Crippen molar-refractivity contribution in [1.29, 1.82) is 0 Å². The molecule has 0 aromatic heterocycles. The highest BCUT2D eigenvalue weighted by atomic mass is 32.2. The fourth-order valence-electron chi connectivity index (χ4n) is 1.04. The van der Waals surface area contributed by atoms with E-state index in [1.165, 1.54) is 0 Å². The molecule has 14 heavy (non-hydrogen) atoms. The molecule has 1 rings (SSSR count). The van der Waals surface area contributed by atoms with Crippen molar-refractivity contribution in [3.05, 3.63) is 46.7 Å². The topological polar surface area (TPSA) is 34.7 Å². The van der Waals surface area contributed by atoms with Gasteiger partial charge in [0.2, 0.25) is 0 Å². The number of hydrogen-bond acceptors (Lipinski definition) is 1. The lowest BCUT2D eigenvalue weighted by Crippen LogP contribution is -1.90.